The lowest BCUT2D eigenvalue weighted by Crippen LogP contribution is -2.46. The number of rotatable bonds is 9. The third-order valence-corrected chi connectivity index (χ3v) is 12.2. The molecule has 1 aromatic carbocycles. The third kappa shape index (κ3) is 7.85. The fraction of sp³-hybridized carbons (Fsp3) is 0.621. The molecule has 0 radical (unpaired) electrons. The number of halogens is 1. The summed E-state index contributed by atoms with van der Waals surface area (Å²) >= 11 is 0. The van der Waals surface area contributed by atoms with E-state index in [2.05, 4.69) is 52.4 Å². The highest BCUT2D eigenvalue weighted by Gasteiger charge is 2.42. The van der Waals surface area contributed by atoms with E-state index in [0.29, 0.717) is 12.0 Å². The summed E-state index contributed by atoms with van der Waals surface area (Å²) in [5.74, 6) is -0.757. The van der Waals surface area contributed by atoms with E-state index in [4.69, 9.17) is 4.43 Å². The maximum Gasteiger partial charge on any atom is 0.308 e. The number of carbonyl (C=O) groups is 1. The average molecular weight is 521 g/mol. The van der Waals surface area contributed by atoms with Crippen molar-refractivity contribution in [3.63, 3.8) is 0 Å². The Kier molecular flexibility index (Phi) is 9.90. The van der Waals surface area contributed by atoms with Crippen LogP contribution >= 0.6 is 0 Å². The predicted molar refractivity (Wildman–Crippen MR) is 146 cm³/mol. The van der Waals surface area contributed by atoms with Crippen molar-refractivity contribution in [3.05, 3.63) is 52.9 Å². The number of carbonyl (C=O) groups excluding carboxylic acids is 1. The van der Waals surface area contributed by atoms with Gasteiger partial charge in [0.1, 0.15) is 5.82 Å². The maximum atomic E-state index is 14.1. The van der Waals surface area contributed by atoms with Gasteiger partial charge < -0.3 is 19.4 Å². The number of allylic oxidation sites excluding steroid dienone is 2. The molecule has 202 valence electrons. The average Bonchev–Trinajstić information content (AvgIpc) is 2.72. The van der Waals surface area contributed by atoms with Crippen LogP contribution in [0.3, 0.4) is 0 Å². The first kappa shape index (κ1) is 30.4. The summed E-state index contributed by atoms with van der Waals surface area (Å²) in [6, 6.07) is 5.19. The zero-order chi connectivity index (χ0) is 27.5. The molecule has 1 aliphatic rings. The molecular weight excluding hydrogens is 475 g/mol. The molecule has 2 N–H and O–H groups in total. The molecule has 0 amide bonds. The number of methoxy groups -OCH3 is 1. The van der Waals surface area contributed by atoms with Gasteiger partial charge in [0.15, 0.2) is 8.32 Å². The van der Waals surface area contributed by atoms with E-state index in [1.165, 1.54) is 13.2 Å². The topological polar surface area (TPSA) is 76.0 Å². The highest BCUT2D eigenvalue weighted by Crippen LogP contribution is 2.48. The van der Waals surface area contributed by atoms with Gasteiger partial charge >= 0.3 is 5.97 Å². The number of benzene rings is 1. The molecule has 2 rings (SSSR count). The SMILES string of the molecule is COC(=O)C[C@H](O)C[C@H](O)/C=C/C1=C(c2ccc(F)c(C)c2)C[C@H](O[Si](C)(C)C(C)(C)C)CC1(C)C. The van der Waals surface area contributed by atoms with E-state index < -0.39 is 26.5 Å². The van der Waals surface area contributed by atoms with Crippen LogP contribution < -0.4 is 0 Å². The van der Waals surface area contributed by atoms with Crippen molar-refractivity contribution in [1.82, 2.24) is 0 Å². The minimum atomic E-state index is -2.00. The van der Waals surface area contributed by atoms with E-state index >= 15 is 0 Å². The number of aliphatic hydroxyl groups excluding tert-OH is 2. The summed E-state index contributed by atoms with van der Waals surface area (Å²) < 4.78 is 25.5. The van der Waals surface area contributed by atoms with E-state index in [-0.39, 0.29) is 35.2 Å². The molecule has 0 bridgehead atoms. The first-order chi connectivity index (χ1) is 16.5. The van der Waals surface area contributed by atoms with Crippen LogP contribution in [0.5, 0.6) is 0 Å². The molecule has 0 aromatic heterocycles. The highest BCUT2D eigenvalue weighted by atomic mass is 28.4. The maximum absolute atomic E-state index is 14.1. The van der Waals surface area contributed by atoms with Gasteiger partial charge in [-0.05, 0) is 77.7 Å². The molecular formula is C29H45FO5Si. The van der Waals surface area contributed by atoms with Gasteiger partial charge in [-0.1, -0.05) is 52.8 Å². The summed E-state index contributed by atoms with van der Waals surface area (Å²) in [7, 11) is -0.737. The van der Waals surface area contributed by atoms with Crippen molar-refractivity contribution < 1.29 is 28.6 Å². The zero-order valence-electron chi connectivity index (χ0n) is 23.4. The molecule has 0 heterocycles. The Balaban J connectivity index is 2.44. The van der Waals surface area contributed by atoms with Crippen LogP contribution in [0.4, 0.5) is 4.39 Å². The molecule has 36 heavy (non-hydrogen) atoms. The Morgan fingerprint density at radius 2 is 1.92 bits per heavy atom. The molecule has 1 aromatic rings. The Hall–Kier alpha value is -1.80. The minimum absolute atomic E-state index is 0.0292. The van der Waals surface area contributed by atoms with Gasteiger partial charge in [-0.3, -0.25) is 4.79 Å². The van der Waals surface area contributed by atoms with Gasteiger partial charge in [0.25, 0.3) is 0 Å². The zero-order valence-corrected chi connectivity index (χ0v) is 24.4. The van der Waals surface area contributed by atoms with Gasteiger partial charge in [-0.25, -0.2) is 4.39 Å². The Labute approximate surface area is 217 Å². The fourth-order valence-corrected chi connectivity index (χ4v) is 5.88. The van der Waals surface area contributed by atoms with Crippen LogP contribution in [-0.2, 0) is 14.0 Å². The monoisotopic (exact) mass is 520 g/mol. The smallest absolute Gasteiger partial charge is 0.308 e. The fourth-order valence-electron chi connectivity index (χ4n) is 4.53. The van der Waals surface area contributed by atoms with E-state index in [1.807, 2.05) is 18.2 Å². The molecule has 1 aliphatic carbocycles. The van der Waals surface area contributed by atoms with Crippen molar-refractivity contribution >= 4 is 19.9 Å². The molecule has 3 atom stereocenters. The number of aryl methyl sites for hydroxylation is 1. The summed E-state index contributed by atoms with van der Waals surface area (Å²) in [4.78, 5) is 11.4. The Morgan fingerprint density at radius 1 is 1.28 bits per heavy atom. The summed E-state index contributed by atoms with van der Waals surface area (Å²) in [5.41, 5.74) is 3.41. The van der Waals surface area contributed by atoms with Crippen molar-refractivity contribution in [2.75, 3.05) is 7.11 Å². The van der Waals surface area contributed by atoms with Gasteiger partial charge in [0.2, 0.25) is 0 Å². The Morgan fingerprint density at radius 3 is 2.47 bits per heavy atom. The van der Waals surface area contributed by atoms with E-state index in [1.54, 1.807) is 13.0 Å². The molecule has 0 unspecified atom stereocenters. The van der Waals surface area contributed by atoms with Crippen LogP contribution in [0.15, 0.2) is 35.9 Å². The van der Waals surface area contributed by atoms with Crippen LogP contribution in [0.2, 0.25) is 18.1 Å². The molecule has 0 spiro atoms. The largest absolute Gasteiger partial charge is 0.469 e. The van der Waals surface area contributed by atoms with Crippen LogP contribution in [-0.4, -0.2) is 49.9 Å². The van der Waals surface area contributed by atoms with Crippen molar-refractivity contribution in [3.8, 4) is 0 Å². The molecule has 0 saturated carbocycles. The second-order valence-electron chi connectivity index (χ2n) is 12.2. The summed E-state index contributed by atoms with van der Waals surface area (Å²) in [6.07, 6.45) is 3.09. The quantitative estimate of drug-likeness (QED) is 0.294. The third-order valence-electron chi connectivity index (χ3n) is 7.63. The second-order valence-corrected chi connectivity index (χ2v) is 17.0. The first-order valence-corrected chi connectivity index (χ1v) is 15.7. The molecule has 0 aliphatic heterocycles. The number of esters is 1. The summed E-state index contributed by atoms with van der Waals surface area (Å²) in [6.45, 7) is 17.3. The lowest BCUT2D eigenvalue weighted by Gasteiger charge is -2.45. The van der Waals surface area contributed by atoms with E-state index in [9.17, 15) is 19.4 Å². The van der Waals surface area contributed by atoms with Crippen molar-refractivity contribution in [2.24, 2.45) is 5.41 Å². The number of ether oxygens (including phenoxy) is 1. The summed E-state index contributed by atoms with van der Waals surface area (Å²) in [5, 5.41) is 20.7. The molecule has 0 fully saturated rings. The molecule has 7 heteroatoms. The number of hydrogen-bond donors (Lipinski definition) is 2. The number of aliphatic hydroxyl groups is 2. The van der Waals surface area contributed by atoms with Crippen LogP contribution in [0.1, 0.15) is 71.4 Å². The van der Waals surface area contributed by atoms with Crippen LogP contribution in [0.25, 0.3) is 5.57 Å². The minimum Gasteiger partial charge on any atom is -0.469 e. The van der Waals surface area contributed by atoms with Crippen molar-refractivity contribution in [1.29, 1.82) is 0 Å². The first-order valence-electron chi connectivity index (χ1n) is 12.8. The van der Waals surface area contributed by atoms with E-state index in [0.717, 1.165) is 23.1 Å². The van der Waals surface area contributed by atoms with Crippen LogP contribution in [0, 0.1) is 18.2 Å². The molecule has 5 nitrogen and oxygen atoms in total. The van der Waals surface area contributed by atoms with Gasteiger partial charge in [0, 0.05) is 12.5 Å². The normalized spacial score (nSPS) is 20.5. The lowest BCUT2D eigenvalue weighted by atomic mass is 9.69. The molecule has 0 saturated heterocycles. The van der Waals surface area contributed by atoms with Gasteiger partial charge in [-0.2, -0.15) is 0 Å². The standard InChI is InChI=1S/C29H45FO5Si/c1-19-14-20(10-13-26(19)30)24-17-23(35-36(8,9)28(2,3)4)18-29(5,6)25(24)12-11-21(31)15-22(32)16-27(33)34-7/h10-14,21-23,31-32H,15-18H2,1-9H3/b12-11+/t21-,22-,23+/m1/s1. The van der Waals surface area contributed by atoms with Crippen molar-refractivity contribution in [2.45, 2.75) is 104 Å². The predicted octanol–water partition coefficient (Wildman–Crippen LogP) is 6.33. The van der Waals surface area contributed by atoms with Gasteiger partial charge in [0.05, 0.1) is 25.7 Å². The number of hydrogen-bond acceptors (Lipinski definition) is 5. The second kappa shape index (κ2) is 11.7. The highest BCUT2D eigenvalue weighted by molar-refractivity contribution is 6.74. The Bertz CT molecular complexity index is 990. The van der Waals surface area contributed by atoms with Gasteiger partial charge in [-0.15, -0.1) is 0 Å². The lowest BCUT2D eigenvalue weighted by molar-refractivity contribution is -0.143.